The zero-order chi connectivity index (χ0) is 10.1. The summed E-state index contributed by atoms with van der Waals surface area (Å²) in [7, 11) is 0. The van der Waals surface area contributed by atoms with Gasteiger partial charge in [-0.05, 0) is 0 Å². The monoisotopic (exact) mass is 192 g/mol. The number of nitrogens with zero attached hydrogens (tertiary/aromatic N) is 2. The first-order chi connectivity index (χ1) is 5.91. The highest BCUT2D eigenvalue weighted by molar-refractivity contribution is 5.31. The van der Waals surface area contributed by atoms with Gasteiger partial charge in [0.1, 0.15) is 6.20 Å². The molecule has 70 valence electrons. The quantitative estimate of drug-likeness (QED) is 0.505. The van der Waals surface area contributed by atoms with Crippen molar-refractivity contribution < 1.29 is 18.1 Å². The third-order valence-electron chi connectivity index (χ3n) is 1.26. The molecule has 0 aliphatic heterocycles. The Balaban J connectivity index is 3.13. The van der Waals surface area contributed by atoms with E-state index in [0.29, 0.717) is 12.3 Å². The minimum atomic E-state index is -4.60. The number of pyridine rings is 1. The third kappa shape index (κ3) is 2.14. The van der Waals surface area contributed by atoms with E-state index >= 15 is 0 Å². The van der Waals surface area contributed by atoms with Gasteiger partial charge in [-0.1, -0.05) is 0 Å². The Kier molecular flexibility index (Phi) is 2.18. The molecule has 0 atom stereocenters. The van der Waals surface area contributed by atoms with Crippen molar-refractivity contribution in [2.24, 2.45) is 0 Å². The van der Waals surface area contributed by atoms with Crippen molar-refractivity contribution in [3.63, 3.8) is 0 Å². The molecule has 7 heteroatoms. The zero-order valence-electron chi connectivity index (χ0n) is 6.08. The minimum absolute atomic E-state index is 0.437. The Morgan fingerprint density at radius 2 is 2.00 bits per heavy atom. The van der Waals surface area contributed by atoms with Crippen LogP contribution >= 0.6 is 0 Å². The van der Waals surface area contributed by atoms with E-state index in [0.717, 1.165) is 6.20 Å². The Hall–Kier alpha value is -1.66. The fourth-order valence-corrected chi connectivity index (χ4v) is 0.683. The molecule has 0 aliphatic carbocycles. The van der Waals surface area contributed by atoms with Gasteiger partial charge in [-0.2, -0.15) is 13.2 Å². The largest absolute Gasteiger partial charge is 0.418 e. The summed E-state index contributed by atoms with van der Waals surface area (Å²) in [5.74, 6) is 0. The molecule has 0 fully saturated rings. The number of hydrogen-bond acceptors (Lipinski definition) is 3. The van der Waals surface area contributed by atoms with Gasteiger partial charge in [0.2, 0.25) is 0 Å². The first-order valence-electron chi connectivity index (χ1n) is 3.08. The highest BCUT2D eigenvalue weighted by Gasteiger charge is 2.32. The van der Waals surface area contributed by atoms with Crippen LogP contribution in [0.5, 0.6) is 0 Å². The van der Waals surface area contributed by atoms with Gasteiger partial charge in [-0.15, -0.1) is 0 Å². The van der Waals surface area contributed by atoms with Crippen LogP contribution in [0.1, 0.15) is 5.56 Å². The van der Waals surface area contributed by atoms with E-state index in [1.807, 2.05) is 0 Å². The molecule has 0 spiro atoms. The van der Waals surface area contributed by atoms with Crippen LogP contribution in [0.3, 0.4) is 0 Å². The second-order valence-corrected chi connectivity index (χ2v) is 2.19. The van der Waals surface area contributed by atoms with Gasteiger partial charge in [0, 0.05) is 12.3 Å². The molecule has 1 heterocycles. The molecule has 13 heavy (non-hydrogen) atoms. The number of halogens is 3. The smallest absolute Gasteiger partial charge is 0.258 e. The molecule has 0 N–H and O–H groups in total. The van der Waals surface area contributed by atoms with Crippen LogP contribution in [0.2, 0.25) is 0 Å². The van der Waals surface area contributed by atoms with Gasteiger partial charge in [0.15, 0.2) is 0 Å². The highest BCUT2D eigenvalue weighted by Crippen LogP contribution is 2.30. The van der Waals surface area contributed by atoms with E-state index in [4.69, 9.17) is 0 Å². The standard InChI is InChI=1S/C6H3F3N2O2/c7-6(8,9)4-1-5(11(12)13)3-10-2-4/h1-3H. The molecule has 0 aliphatic rings. The van der Waals surface area contributed by atoms with Crippen molar-refractivity contribution >= 4 is 5.69 Å². The van der Waals surface area contributed by atoms with Crippen LogP contribution in [0.15, 0.2) is 18.5 Å². The van der Waals surface area contributed by atoms with Gasteiger partial charge < -0.3 is 0 Å². The lowest BCUT2D eigenvalue weighted by molar-refractivity contribution is -0.385. The summed E-state index contributed by atoms with van der Waals surface area (Å²) in [6.07, 6.45) is -3.30. The van der Waals surface area contributed by atoms with Crippen molar-refractivity contribution in [1.29, 1.82) is 0 Å². The maximum absolute atomic E-state index is 12.0. The SMILES string of the molecule is O=[N+]([O-])c1cncc(C(F)(F)F)c1. The molecule has 0 radical (unpaired) electrons. The van der Waals surface area contributed by atoms with Gasteiger partial charge in [-0.3, -0.25) is 15.1 Å². The molecule has 0 bridgehead atoms. The first-order valence-corrected chi connectivity index (χ1v) is 3.08. The molecular weight excluding hydrogens is 189 g/mol. The van der Waals surface area contributed by atoms with Crippen LogP contribution in [0.4, 0.5) is 18.9 Å². The van der Waals surface area contributed by atoms with Crippen LogP contribution in [-0.2, 0) is 6.18 Å². The molecule has 0 unspecified atom stereocenters. The first kappa shape index (κ1) is 9.43. The van der Waals surface area contributed by atoms with Crippen molar-refractivity contribution in [3.8, 4) is 0 Å². The van der Waals surface area contributed by atoms with E-state index in [2.05, 4.69) is 4.98 Å². The molecule has 1 rings (SSSR count). The number of aromatic nitrogens is 1. The second-order valence-electron chi connectivity index (χ2n) is 2.19. The fraction of sp³-hybridized carbons (Fsp3) is 0.167. The van der Waals surface area contributed by atoms with Crippen molar-refractivity contribution in [1.82, 2.24) is 4.98 Å². The highest BCUT2D eigenvalue weighted by atomic mass is 19.4. The molecule has 0 saturated carbocycles. The molecule has 0 amide bonds. The fourth-order valence-electron chi connectivity index (χ4n) is 0.683. The Bertz CT molecular complexity index is 337. The van der Waals surface area contributed by atoms with E-state index in [-0.39, 0.29) is 0 Å². The lowest BCUT2D eigenvalue weighted by Gasteiger charge is -2.03. The maximum Gasteiger partial charge on any atom is 0.418 e. The lowest BCUT2D eigenvalue weighted by atomic mass is 10.2. The average Bonchev–Trinajstić information content (AvgIpc) is 2.03. The summed E-state index contributed by atoms with van der Waals surface area (Å²) in [4.78, 5) is 12.3. The molecule has 0 aromatic carbocycles. The van der Waals surface area contributed by atoms with Gasteiger partial charge in [0.25, 0.3) is 5.69 Å². The number of alkyl halides is 3. The van der Waals surface area contributed by atoms with Gasteiger partial charge in [0.05, 0.1) is 10.5 Å². The van der Waals surface area contributed by atoms with Crippen LogP contribution < -0.4 is 0 Å². The van der Waals surface area contributed by atoms with E-state index in [1.54, 1.807) is 0 Å². The number of hydrogen-bond donors (Lipinski definition) is 0. The molecule has 0 saturated heterocycles. The zero-order valence-corrected chi connectivity index (χ0v) is 6.08. The summed E-state index contributed by atoms with van der Waals surface area (Å²) >= 11 is 0. The molecule has 1 aromatic heterocycles. The van der Waals surface area contributed by atoms with E-state index < -0.39 is 22.4 Å². The Morgan fingerprint density at radius 3 is 2.46 bits per heavy atom. The predicted octanol–water partition coefficient (Wildman–Crippen LogP) is 2.01. The molecule has 4 nitrogen and oxygen atoms in total. The summed E-state index contributed by atoms with van der Waals surface area (Å²) in [6, 6.07) is 0.437. The average molecular weight is 192 g/mol. The third-order valence-corrected chi connectivity index (χ3v) is 1.26. The molecule has 1 aromatic rings. The summed E-state index contributed by atoms with van der Waals surface area (Å²) in [5.41, 5.74) is -1.79. The Morgan fingerprint density at radius 1 is 1.38 bits per heavy atom. The van der Waals surface area contributed by atoms with E-state index in [9.17, 15) is 23.3 Å². The minimum Gasteiger partial charge on any atom is -0.258 e. The normalized spacial score (nSPS) is 11.3. The maximum atomic E-state index is 12.0. The van der Waals surface area contributed by atoms with Crippen molar-refractivity contribution in [2.45, 2.75) is 6.18 Å². The van der Waals surface area contributed by atoms with Crippen LogP contribution in [0, 0.1) is 10.1 Å². The predicted molar refractivity (Wildman–Crippen MR) is 35.9 cm³/mol. The Labute approximate surface area is 70.2 Å². The van der Waals surface area contributed by atoms with E-state index in [1.165, 1.54) is 0 Å². The molecular formula is C6H3F3N2O2. The lowest BCUT2D eigenvalue weighted by Crippen LogP contribution is -2.06. The number of rotatable bonds is 1. The topological polar surface area (TPSA) is 56.0 Å². The van der Waals surface area contributed by atoms with Crippen LogP contribution in [-0.4, -0.2) is 9.91 Å². The summed E-state index contributed by atoms with van der Waals surface area (Å²) in [5, 5.41) is 10.1. The summed E-state index contributed by atoms with van der Waals surface area (Å²) in [6.45, 7) is 0. The van der Waals surface area contributed by atoms with Gasteiger partial charge >= 0.3 is 6.18 Å². The summed E-state index contributed by atoms with van der Waals surface area (Å²) < 4.78 is 35.9. The van der Waals surface area contributed by atoms with Crippen molar-refractivity contribution in [2.75, 3.05) is 0 Å². The van der Waals surface area contributed by atoms with Crippen molar-refractivity contribution in [3.05, 3.63) is 34.1 Å². The number of nitro groups is 1. The van der Waals surface area contributed by atoms with Gasteiger partial charge in [-0.25, -0.2) is 0 Å². The second kappa shape index (κ2) is 3.00. The van der Waals surface area contributed by atoms with Crippen LogP contribution in [0.25, 0.3) is 0 Å².